The molecule has 0 unspecified atom stereocenters. The molecule has 27 heavy (non-hydrogen) atoms. The number of hydrogen-bond donors (Lipinski definition) is 2. The third-order valence-electron chi connectivity index (χ3n) is 4.45. The van der Waals surface area contributed by atoms with Crippen LogP contribution in [-0.4, -0.2) is 51.1 Å². The molecule has 10 heteroatoms. The third kappa shape index (κ3) is 4.39. The zero-order chi connectivity index (χ0) is 19.6. The first-order valence-corrected chi connectivity index (χ1v) is 8.16. The molecular weight excluding hydrogens is 365 g/mol. The minimum Gasteiger partial charge on any atom is -0.481 e. The Kier molecular flexibility index (Phi) is 5.06. The largest absolute Gasteiger partial charge is 0.481 e. The SMILES string of the molecule is O=C(O)[C@@H]1CN(C(=O)Nc2ccc(Cn3cccn3)cc2)C[C@H]1C(F)(F)F. The molecule has 2 aromatic rings. The molecular formula is C17H17F3N4O3. The number of alkyl halides is 3. The molecule has 2 heterocycles. The Labute approximate surface area is 152 Å². The number of benzene rings is 1. The number of nitrogens with zero attached hydrogens (tertiary/aromatic N) is 3. The van der Waals surface area contributed by atoms with Crippen molar-refractivity contribution >= 4 is 17.7 Å². The molecule has 1 aliphatic rings. The Morgan fingerprint density at radius 1 is 1.22 bits per heavy atom. The number of halogens is 3. The number of aliphatic carboxylic acids is 1. The number of rotatable bonds is 4. The molecule has 2 N–H and O–H groups in total. The summed E-state index contributed by atoms with van der Waals surface area (Å²) in [4.78, 5) is 24.2. The molecule has 0 aliphatic carbocycles. The highest BCUT2D eigenvalue weighted by Gasteiger charge is 2.53. The molecule has 3 rings (SSSR count). The third-order valence-corrected chi connectivity index (χ3v) is 4.45. The predicted octanol–water partition coefficient (Wildman–Crippen LogP) is 2.66. The van der Waals surface area contributed by atoms with Crippen LogP contribution >= 0.6 is 0 Å². The monoisotopic (exact) mass is 382 g/mol. The molecule has 7 nitrogen and oxygen atoms in total. The Morgan fingerprint density at radius 2 is 1.93 bits per heavy atom. The van der Waals surface area contributed by atoms with E-state index < -0.39 is 43.1 Å². The van der Waals surface area contributed by atoms with Gasteiger partial charge in [0.15, 0.2) is 0 Å². The number of carbonyl (C=O) groups excluding carboxylic acids is 1. The van der Waals surface area contributed by atoms with Gasteiger partial charge in [-0.1, -0.05) is 12.1 Å². The summed E-state index contributed by atoms with van der Waals surface area (Å²) in [5.74, 6) is -5.29. The van der Waals surface area contributed by atoms with Crippen molar-refractivity contribution < 1.29 is 27.9 Å². The van der Waals surface area contributed by atoms with Crippen molar-refractivity contribution in [1.29, 1.82) is 0 Å². The zero-order valence-corrected chi connectivity index (χ0v) is 14.1. The number of nitrogens with one attached hydrogen (secondary N) is 1. The van der Waals surface area contributed by atoms with Gasteiger partial charge in [-0.2, -0.15) is 18.3 Å². The number of carboxylic acids is 1. The number of carboxylic acid groups (broad SMARTS) is 1. The average molecular weight is 382 g/mol. The fourth-order valence-electron chi connectivity index (χ4n) is 3.03. The van der Waals surface area contributed by atoms with Gasteiger partial charge in [-0.05, 0) is 23.8 Å². The molecule has 1 aliphatic heterocycles. The van der Waals surface area contributed by atoms with Gasteiger partial charge in [-0.3, -0.25) is 9.48 Å². The fraction of sp³-hybridized carbons (Fsp3) is 0.353. The summed E-state index contributed by atoms with van der Waals surface area (Å²) in [7, 11) is 0. The molecule has 2 amide bonds. The van der Waals surface area contributed by atoms with E-state index in [1.807, 2.05) is 0 Å². The normalized spacial score (nSPS) is 19.9. The van der Waals surface area contributed by atoms with Crippen LogP contribution in [0.3, 0.4) is 0 Å². The molecule has 1 fully saturated rings. The standard InChI is InChI=1S/C17H17F3N4O3/c18-17(19,20)14-10-23(9-13(14)15(25)26)16(27)22-12-4-2-11(3-5-12)8-24-7-1-6-21-24/h1-7,13-14H,8-10H2,(H,22,27)(H,25,26)/t13-,14-/m1/s1. The van der Waals surface area contributed by atoms with Crippen LogP contribution in [0.2, 0.25) is 0 Å². The number of amides is 2. The molecule has 1 aromatic heterocycles. The Bertz CT molecular complexity index is 806. The smallest absolute Gasteiger partial charge is 0.394 e. The topological polar surface area (TPSA) is 87.5 Å². The van der Waals surface area contributed by atoms with Gasteiger partial charge in [0.1, 0.15) is 0 Å². The number of carbonyl (C=O) groups is 2. The second-order valence-corrected chi connectivity index (χ2v) is 6.33. The van der Waals surface area contributed by atoms with Crippen LogP contribution in [0.1, 0.15) is 5.56 Å². The summed E-state index contributed by atoms with van der Waals surface area (Å²) >= 11 is 0. The van der Waals surface area contributed by atoms with Gasteiger partial charge < -0.3 is 15.3 Å². The maximum absolute atomic E-state index is 13.0. The Balaban J connectivity index is 1.62. The number of anilines is 1. The van der Waals surface area contributed by atoms with Crippen LogP contribution < -0.4 is 5.32 Å². The van der Waals surface area contributed by atoms with E-state index in [4.69, 9.17) is 5.11 Å². The lowest BCUT2D eigenvalue weighted by Gasteiger charge is -2.18. The van der Waals surface area contributed by atoms with E-state index in [1.54, 1.807) is 47.4 Å². The van der Waals surface area contributed by atoms with Crippen molar-refractivity contribution in [2.75, 3.05) is 18.4 Å². The van der Waals surface area contributed by atoms with Gasteiger partial charge in [0.25, 0.3) is 0 Å². The first kappa shape index (κ1) is 18.7. The van der Waals surface area contributed by atoms with Gasteiger partial charge in [-0.25, -0.2) is 4.79 Å². The first-order valence-electron chi connectivity index (χ1n) is 8.16. The van der Waals surface area contributed by atoms with Gasteiger partial charge >= 0.3 is 18.2 Å². The number of aromatic nitrogens is 2. The molecule has 1 aromatic carbocycles. The fourth-order valence-corrected chi connectivity index (χ4v) is 3.03. The highest BCUT2D eigenvalue weighted by Crippen LogP contribution is 2.37. The van der Waals surface area contributed by atoms with Gasteiger partial charge in [-0.15, -0.1) is 0 Å². The van der Waals surface area contributed by atoms with Crippen molar-refractivity contribution in [3.8, 4) is 0 Å². The van der Waals surface area contributed by atoms with Crippen LogP contribution in [0.5, 0.6) is 0 Å². The summed E-state index contributed by atoms with van der Waals surface area (Å²) in [6, 6.07) is 7.82. The van der Waals surface area contributed by atoms with Gasteiger partial charge in [0.05, 0.1) is 18.4 Å². The van der Waals surface area contributed by atoms with Gasteiger partial charge in [0, 0.05) is 31.2 Å². The highest BCUT2D eigenvalue weighted by molar-refractivity contribution is 5.90. The zero-order valence-electron chi connectivity index (χ0n) is 14.1. The summed E-state index contributed by atoms with van der Waals surface area (Å²) in [5, 5.41) is 15.6. The summed E-state index contributed by atoms with van der Waals surface area (Å²) < 4.78 is 40.7. The highest BCUT2D eigenvalue weighted by atomic mass is 19.4. The number of urea groups is 1. The predicted molar refractivity (Wildman–Crippen MR) is 89.0 cm³/mol. The first-order chi connectivity index (χ1) is 12.7. The molecule has 1 saturated heterocycles. The average Bonchev–Trinajstić information content (AvgIpc) is 3.25. The lowest BCUT2D eigenvalue weighted by atomic mass is 9.96. The number of hydrogen-bond acceptors (Lipinski definition) is 3. The van der Waals surface area contributed by atoms with Crippen molar-refractivity contribution in [2.45, 2.75) is 12.7 Å². The van der Waals surface area contributed by atoms with Gasteiger partial charge in [0.2, 0.25) is 0 Å². The van der Waals surface area contributed by atoms with E-state index in [0.717, 1.165) is 10.5 Å². The van der Waals surface area contributed by atoms with E-state index in [1.165, 1.54) is 0 Å². The van der Waals surface area contributed by atoms with Crippen LogP contribution in [-0.2, 0) is 11.3 Å². The summed E-state index contributed by atoms with van der Waals surface area (Å²) in [5.41, 5.74) is 1.34. The second-order valence-electron chi connectivity index (χ2n) is 6.33. The van der Waals surface area contributed by atoms with Crippen LogP contribution in [0, 0.1) is 11.8 Å². The van der Waals surface area contributed by atoms with Crippen molar-refractivity contribution in [1.82, 2.24) is 14.7 Å². The van der Waals surface area contributed by atoms with E-state index in [2.05, 4.69) is 10.4 Å². The quantitative estimate of drug-likeness (QED) is 0.851. The molecule has 2 atom stereocenters. The van der Waals surface area contributed by atoms with Crippen LogP contribution in [0.4, 0.5) is 23.7 Å². The van der Waals surface area contributed by atoms with Crippen LogP contribution in [0.15, 0.2) is 42.7 Å². The van der Waals surface area contributed by atoms with E-state index >= 15 is 0 Å². The van der Waals surface area contributed by atoms with E-state index in [0.29, 0.717) is 12.2 Å². The lowest BCUT2D eigenvalue weighted by molar-refractivity contribution is -0.187. The second kappa shape index (κ2) is 7.29. The molecule has 0 radical (unpaired) electrons. The molecule has 0 bridgehead atoms. The molecule has 0 saturated carbocycles. The number of likely N-dealkylation sites (tertiary alicyclic amines) is 1. The summed E-state index contributed by atoms with van der Waals surface area (Å²) in [6.45, 7) is -0.618. The maximum atomic E-state index is 13.0. The Hall–Kier alpha value is -3.04. The maximum Gasteiger partial charge on any atom is 0.394 e. The van der Waals surface area contributed by atoms with Crippen LogP contribution in [0.25, 0.3) is 0 Å². The minimum absolute atomic E-state index is 0.409. The lowest BCUT2D eigenvalue weighted by Crippen LogP contribution is -2.35. The van der Waals surface area contributed by atoms with Crippen molar-refractivity contribution in [2.24, 2.45) is 11.8 Å². The Morgan fingerprint density at radius 3 is 2.44 bits per heavy atom. The molecule has 0 spiro atoms. The van der Waals surface area contributed by atoms with E-state index in [9.17, 15) is 22.8 Å². The summed E-state index contributed by atoms with van der Waals surface area (Å²) in [6.07, 6.45) is -1.21. The van der Waals surface area contributed by atoms with E-state index in [-0.39, 0.29) is 0 Å². The molecule has 144 valence electrons. The van der Waals surface area contributed by atoms with Crippen molar-refractivity contribution in [3.63, 3.8) is 0 Å². The van der Waals surface area contributed by atoms with Crippen molar-refractivity contribution in [3.05, 3.63) is 48.3 Å². The minimum atomic E-state index is -4.67.